The van der Waals surface area contributed by atoms with Gasteiger partial charge in [0.15, 0.2) is 0 Å². The highest BCUT2D eigenvalue weighted by molar-refractivity contribution is 7.92. The maximum absolute atomic E-state index is 12.9. The van der Waals surface area contributed by atoms with Gasteiger partial charge >= 0.3 is 0 Å². The maximum Gasteiger partial charge on any atom is 0.253 e. The lowest BCUT2D eigenvalue weighted by molar-refractivity contribution is 0.0785. The standard InChI is InChI=1S/C23H30N2O3S/c1-23(2,3)20-12-10-18(11-13-20)17-24(4)22(26)19-8-7-9-21(16-19)25-14-5-6-15-29(25,27)28/h7-13,16H,5-6,14-15,17H2,1-4H3. The second-order valence-corrected chi connectivity index (χ2v) is 10.8. The van der Waals surface area contributed by atoms with Crippen molar-refractivity contribution in [2.75, 3.05) is 23.7 Å². The Morgan fingerprint density at radius 1 is 1.07 bits per heavy atom. The number of carbonyl (C=O) groups excluding carboxylic acids is 1. The minimum absolute atomic E-state index is 0.0927. The zero-order valence-electron chi connectivity index (χ0n) is 17.7. The third-order valence-corrected chi connectivity index (χ3v) is 7.19. The Balaban J connectivity index is 1.74. The zero-order valence-corrected chi connectivity index (χ0v) is 18.5. The molecule has 1 aliphatic heterocycles. The molecule has 0 N–H and O–H groups in total. The van der Waals surface area contributed by atoms with Crippen molar-refractivity contribution in [1.29, 1.82) is 0 Å². The third-order valence-electron chi connectivity index (χ3n) is 5.32. The Kier molecular flexibility index (Phi) is 6.03. The molecule has 0 unspecified atom stereocenters. The Hall–Kier alpha value is -2.34. The van der Waals surface area contributed by atoms with E-state index in [0.29, 0.717) is 30.8 Å². The summed E-state index contributed by atoms with van der Waals surface area (Å²) in [5.41, 5.74) is 3.47. The van der Waals surface area contributed by atoms with Crippen molar-refractivity contribution in [1.82, 2.24) is 4.90 Å². The normalized spacial score (nSPS) is 16.5. The van der Waals surface area contributed by atoms with Gasteiger partial charge in [0.1, 0.15) is 0 Å². The molecule has 2 aromatic rings. The lowest BCUT2D eigenvalue weighted by Crippen LogP contribution is -2.38. The summed E-state index contributed by atoms with van der Waals surface area (Å²) in [5, 5.41) is 0. The fraction of sp³-hybridized carbons (Fsp3) is 0.435. The van der Waals surface area contributed by atoms with Crippen LogP contribution in [-0.2, 0) is 22.0 Å². The van der Waals surface area contributed by atoms with Crippen LogP contribution >= 0.6 is 0 Å². The molecule has 6 heteroatoms. The lowest BCUT2D eigenvalue weighted by Gasteiger charge is -2.28. The summed E-state index contributed by atoms with van der Waals surface area (Å²) in [6.07, 6.45) is 1.52. The molecule has 1 saturated heterocycles. The Morgan fingerprint density at radius 3 is 2.38 bits per heavy atom. The van der Waals surface area contributed by atoms with Crippen LogP contribution in [0, 0.1) is 0 Å². The number of sulfonamides is 1. The molecule has 156 valence electrons. The van der Waals surface area contributed by atoms with Crippen LogP contribution < -0.4 is 4.31 Å². The minimum atomic E-state index is -3.30. The van der Waals surface area contributed by atoms with Crippen molar-refractivity contribution in [3.63, 3.8) is 0 Å². The summed E-state index contributed by atoms with van der Waals surface area (Å²) in [6.45, 7) is 7.49. The monoisotopic (exact) mass is 414 g/mol. The van der Waals surface area contributed by atoms with E-state index in [4.69, 9.17) is 0 Å². The molecule has 1 heterocycles. The topological polar surface area (TPSA) is 57.7 Å². The van der Waals surface area contributed by atoms with Crippen LogP contribution in [0.2, 0.25) is 0 Å². The number of amides is 1. The van der Waals surface area contributed by atoms with Crippen molar-refractivity contribution in [2.24, 2.45) is 0 Å². The van der Waals surface area contributed by atoms with Crippen LogP contribution in [0.1, 0.15) is 55.1 Å². The Labute approximate surface area is 174 Å². The molecule has 1 fully saturated rings. The lowest BCUT2D eigenvalue weighted by atomic mass is 9.87. The number of rotatable bonds is 4. The molecular formula is C23H30N2O3S. The summed E-state index contributed by atoms with van der Waals surface area (Å²) in [5.74, 6) is 0.0384. The fourth-order valence-electron chi connectivity index (χ4n) is 3.55. The molecule has 1 amide bonds. The summed E-state index contributed by atoms with van der Waals surface area (Å²) in [7, 11) is -1.53. The first kappa shape index (κ1) is 21.4. The number of anilines is 1. The van der Waals surface area contributed by atoms with E-state index in [-0.39, 0.29) is 17.1 Å². The number of benzene rings is 2. The van der Waals surface area contributed by atoms with Crippen molar-refractivity contribution in [3.05, 3.63) is 65.2 Å². The van der Waals surface area contributed by atoms with E-state index < -0.39 is 10.0 Å². The van der Waals surface area contributed by atoms with Crippen molar-refractivity contribution >= 4 is 21.6 Å². The summed E-state index contributed by atoms with van der Waals surface area (Å²) < 4.78 is 26.2. The van der Waals surface area contributed by atoms with Crippen molar-refractivity contribution in [2.45, 2.75) is 45.6 Å². The number of nitrogens with zero attached hydrogens (tertiary/aromatic N) is 2. The number of hydrogen-bond acceptors (Lipinski definition) is 3. The predicted octanol–water partition coefficient (Wildman–Crippen LogP) is 4.19. The van der Waals surface area contributed by atoms with Gasteiger partial charge < -0.3 is 4.90 Å². The molecule has 0 spiro atoms. The van der Waals surface area contributed by atoms with E-state index in [9.17, 15) is 13.2 Å². The summed E-state index contributed by atoms with van der Waals surface area (Å²) >= 11 is 0. The highest BCUT2D eigenvalue weighted by atomic mass is 32.2. The van der Waals surface area contributed by atoms with Gasteiger partial charge in [0.05, 0.1) is 11.4 Å². The highest BCUT2D eigenvalue weighted by Gasteiger charge is 2.26. The molecule has 0 aliphatic carbocycles. The largest absolute Gasteiger partial charge is 0.337 e. The molecule has 0 atom stereocenters. The molecule has 1 aliphatic rings. The van der Waals surface area contributed by atoms with Crippen LogP contribution in [0.15, 0.2) is 48.5 Å². The van der Waals surface area contributed by atoms with E-state index in [1.807, 2.05) is 0 Å². The first-order valence-electron chi connectivity index (χ1n) is 10.0. The van der Waals surface area contributed by atoms with Gasteiger partial charge in [-0.05, 0) is 47.6 Å². The van der Waals surface area contributed by atoms with E-state index in [1.165, 1.54) is 9.87 Å². The van der Waals surface area contributed by atoms with E-state index in [2.05, 4.69) is 45.0 Å². The quantitative estimate of drug-likeness (QED) is 0.754. The Morgan fingerprint density at radius 2 is 1.76 bits per heavy atom. The SMILES string of the molecule is CN(Cc1ccc(C(C)(C)C)cc1)C(=O)c1cccc(N2CCCCS2(=O)=O)c1. The highest BCUT2D eigenvalue weighted by Crippen LogP contribution is 2.25. The molecule has 5 nitrogen and oxygen atoms in total. The van der Waals surface area contributed by atoms with Gasteiger partial charge in [0.25, 0.3) is 5.91 Å². The van der Waals surface area contributed by atoms with E-state index >= 15 is 0 Å². The Bertz CT molecular complexity index is 976. The first-order chi connectivity index (χ1) is 13.6. The molecule has 0 aromatic heterocycles. The predicted molar refractivity (Wildman–Crippen MR) is 118 cm³/mol. The van der Waals surface area contributed by atoms with Gasteiger partial charge in [-0.2, -0.15) is 0 Å². The zero-order chi connectivity index (χ0) is 21.2. The maximum atomic E-state index is 12.9. The molecular weight excluding hydrogens is 384 g/mol. The van der Waals surface area contributed by atoms with E-state index in [1.54, 1.807) is 36.2 Å². The van der Waals surface area contributed by atoms with E-state index in [0.717, 1.165) is 12.0 Å². The molecule has 0 saturated carbocycles. The van der Waals surface area contributed by atoms with Crippen molar-refractivity contribution in [3.8, 4) is 0 Å². The minimum Gasteiger partial charge on any atom is -0.337 e. The second-order valence-electron chi connectivity index (χ2n) is 8.75. The summed E-state index contributed by atoms with van der Waals surface area (Å²) in [4.78, 5) is 14.6. The molecule has 29 heavy (non-hydrogen) atoms. The van der Waals surface area contributed by atoms with Crippen LogP contribution in [0.25, 0.3) is 0 Å². The van der Waals surface area contributed by atoms with Crippen LogP contribution in [0.4, 0.5) is 5.69 Å². The molecule has 0 radical (unpaired) electrons. The van der Waals surface area contributed by atoms with Gasteiger partial charge in [-0.25, -0.2) is 8.42 Å². The van der Waals surface area contributed by atoms with Gasteiger partial charge in [-0.15, -0.1) is 0 Å². The summed E-state index contributed by atoms with van der Waals surface area (Å²) in [6, 6.07) is 15.3. The number of carbonyl (C=O) groups is 1. The van der Waals surface area contributed by atoms with Gasteiger partial charge in [-0.3, -0.25) is 9.10 Å². The van der Waals surface area contributed by atoms with Gasteiger partial charge in [-0.1, -0.05) is 51.1 Å². The molecule has 0 bridgehead atoms. The third kappa shape index (κ3) is 4.99. The second kappa shape index (κ2) is 8.19. The molecule has 2 aromatic carbocycles. The van der Waals surface area contributed by atoms with Gasteiger partial charge in [0, 0.05) is 25.7 Å². The van der Waals surface area contributed by atoms with Crippen molar-refractivity contribution < 1.29 is 13.2 Å². The van der Waals surface area contributed by atoms with Crippen LogP contribution in [-0.4, -0.2) is 38.6 Å². The van der Waals surface area contributed by atoms with Crippen LogP contribution in [0.5, 0.6) is 0 Å². The first-order valence-corrected chi connectivity index (χ1v) is 11.6. The van der Waals surface area contributed by atoms with Gasteiger partial charge in [0.2, 0.25) is 10.0 Å². The molecule has 3 rings (SSSR count). The smallest absolute Gasteiger partial charge is 0.253 e. The number of hydrogen-bond donors (Lipinski definition) is 0. The average Bonchev–Trinajstić information content (AvgIpc) is 2.67. The average molecular weight is 415 g/mol. The van der Waals surface area contributed by atoms with Crippen LogP contribution in [0.3, 0.4) is 0 Å². The fourth-order valence-corrected chi connectivity index (χ4v) is 5.18.